The van der Waals surface area contributed by atoms with Crippen LogP contribution in [-0.2, 0) is 4.79 Å². The largest absolute Gasteiger partial charge is 0.328 e. The van der Waals surface area contributed by atoms with Crippen molar-refractivity contribution in [3.05, 3.63) is 52.5 Å². The molecule has 4 rings (SSSR count). The fourth-order valence-corrected chi connectivity index (χ4v) is 3.55. The van der Waals surface area contributed by atoms with Crippen molar-refractivity contribution in [3.8, 4) is 0 Å². The van der Waals surface area contributed by atoms with Gasteiger partial charge in [-0.05, 0) is 37.0 Å². The van der Waals surface area contributed by atoms with Crippen molar-refractivity contribution in [2.75, 3.05) is 5.32 Å². The summed E-state index contributed by atoms with van der Waals surface area (Å²) in [5, 5.41) is 7.49. The predicted molar refractivity (Wildman–Crippen MR) is 83.3 cm³/mol. The maximum atomic E-state index is 13.7. The van der Waals surface area contributed by atoms with E-state index < -0.39 is 17.7 Å². The van der Waals surface area contributed by atoms with E-state index in [1.54, 1.807) is 6.92 Å². The highest BCUT2D eigenvalue weighted by Crippen LogP contribution is 2.41. The minimum absolute atomic E-state index is 0.0234. The molecule has 1 aromatic heterocycles. The van der Waals surface area contributed by atoms with Gasteiger partial charge in [-0.2, -0.15) is 10.1 Å². The molecule has 1 N–H and O–H groups in total. The highest BCUT2D eigenvalue weighted by molar-refractivity contribution is 5.99. The fourth-order valence-electron chi connectivity index (χ4n) is 3.55. The Hall–Kier alpha value is -2.57. The van der Waals surface area contributed by atoms with E-state index in [1.807, 2.05) is 6.92 Å². The van der Waals surface area contributed by atoms with E-state index in [4.69, 9.17) is 0 Å². The van der Waals surface area contributed by atoms with Gasteiger partial charge in [-0.3, -0.25) is 4.79 Å². The number of benzene rings is 1. The number of nitrogens with zero attached hydrogens (tertiary/aromatic N) is 3. The van der Waals surface area contributed by atoms with Crippen LogP contribution in [0, 0.1) is 24.5 Å². The van der Waals surface area contributed by atoms with Gasteiger partial charge >= 0.3 is 0 Å². The lowest BCUT2D eigenvalue weighted by Crippen LogP contribution is -2.33. The average molecular weight is 330 g/mol. The molecular weight excluding hydrogens is 314 g/mol. The van der Waals surface area contributed by atoms with Crippen molar-refractivity contribution in [3.63, 3.8) is 0 Å². The molecule has 0 unspecified atom stereocenters. The second-order valence-corrected chi connectivity index (χ2v) is 6.49. The Kier molecular flexibility index (Phi) is 3.26. The zero-order chi connectivity index (χ0) is 17.0. The molecule has 2 heterocycles. The molecule has 1 aliphatic carbocycles. The number of carbonyl (C=O) groups is 1. The lowest BCUT2D eigenvalue weighted by Gasteiger charge is -2.34. The molecular formula is C17H16F2N4O. The first-order chi connectivity index (χ1) is 11.4. The van der Waals surface area contributed by atoms with Crippen LogP contribution in [0.3, 0.4) is 0 Å². The number of ketones is 1. The predicted octanol–water partition coefficient (Wildman–Crippen LogP) is 3.13. The first kappa shape index (κ1) is 15.0. The third kappa shape index (κ3) is 2.31. The molecule has 0 bridgehead atoms. The number of carbonyl (C=O) groups excluding carboxylic acids is 1. The first-order valence-corrected chi connectivity index (χ1v) is 7.85. The Morgan fingerprint density at radius 2 is 1.92 bits per heavy atom. The number of Topliss-reactive ketones (excluding diaryl/α,β-unsaturated/α-hetero) is 1. The van der Waals surface area contributed by atoms with Crippen molar-refractivity contribution in [2.24, 2.45) is 5.92 Å². The van der Waals surface area contributed by atoms with Gasteiger partial charge in [0.1, 0.15) is 23.5 Å². The normalized spacial score (nSPS) is 22.9. The number of anilines is 1. The van der Waals surface area contributed by atoms with E-state index in [2.05, 4.69) is 15.4 Å². The fraction of sp³-hybridized carbons (Fsp3) is 0.353. The topological polar surface area (TPSA) is 59.8 Å². The standard InChI is InChI=1S/C17H16F2N4O/c1-8-3-13-15(14(24)4-8)16(10-5-11(18)7-12(19)6-10)23-17(21-13)20-9(2)22-23/h5-8,16H,3-4H2,1-2H3,(H,20,21,22)/t8-,16+/m1/s1. The molecule has 2 aromatic rings. The van der Waals surface area contributed by atoms with Crippen LogP contribution in [0.4, 0.5) is 14.7 Å². The first-order valence-electron chi connectivity index (χ1n) is 7.85. The van der Waals surface area contributed by atoms with Gasteiger partial charge in [-0.1, -0.05) is 6.92 Å². The minimum atomic E-state index is -0.680. The molecule has 5 nitrogen and oxygen atoms in total. The number of fused-ring (bicyclic) bond motifs is 1. The summed E-state index contributed by atoms with van der Waals surface area (Å²) in [6, 6.07) is 2.65. The van der Waals surface area contributed by atoms with Crippen LogP contribution in [0.5, 0.6) is 0 Å². The summed E-state index contributed by atoms with van der Waals surface area (Å²) in [4.78, 5) is 17.0. The number of aryl methyl sites for hydroxylation is 1. The monoisotopic (exact) mass is 330 g/mol. The number of aromatic nitrogens is 3. The van der Waals surface area contributed by atoms with Gasteiger partial charge in [0.05, 0.1) is 0 Å². The summed E-state index contributed by atoms with van der Waals surface area (Å²) in [6.45, 7) is 3.74. The SMILES string of the molecule is Cc1nc2n(n1)[C@@H](c1cc(F)cc(F)c1)C1=C(C[C@@H](C)CC1=O)N2. The Balaban J connectivity index is 1.94. The van der Waals surface area contributed by atoms with E-state index in [1.165, 1.54) is 16.8 Å². The lowest BCUT2D eigenvalue weighted by atomic mass is 9.81. The lowest BCUT2D eigenvalue weighted by molar-refractivity contribution is -0.117. The van der Waals surface area contributed by atoms with Crippen molar-refractivity contribution in [1.82, 2.24) is 14.8 Å². The van der Waals surface area contributed by atoms with Gasteiger partial charge in [0, 0.05) is 23.8 Å². The van der Waals surface area contributed by atoms with Gasteiger partial charge in [-0.25, -0.2) is 13.5 Å². The zero-order valence-corrected chi connectivity index (χ0v) is 13.3. The van der Waals surface area contributed by atoms with Crippen LogP contribution < -0.4 is 5.32 Å². The highest BCUT2D eigenvalue weighted by Gasteiger charge is 2.38. The average Bonchev–Trinajstić information content (AvgIpc) is 2.83. The summed E-state index contributed by atoms with van der Waals surface area (Å²) < 4.78 is 29.0. The Bertz CT molecular complexity index is 866. The van der Waals surface area contributed by atoms with Crippen molar-refractivity contribution in [2.45, 2.75) is 32.7 Å². The van der Waals surface area contributed by atoms with E-state index in [9.17, 15) is 13.6 Å². The minimum Gasteiger partial charge on any atom is -0.328 e. The van der Waals surface area contributed by atoms with Crippen LogP contribution in [0.1, 0.15) is 37.2 Å². The second kappa shape index (κ2) is 5.22. The summed E-state index contributed by atoms with van der Waals surface area (Å²) in [6.07, 6.45) is 1.11. The van der Waals surface area contributed by atoms with E-state index >= 15 is 0 Å². The quantitative estimate of drug-likeness (QED) is 0.873. The molecule has 0 spiro atoms. The summed E-state index contributed by atoms with van der Waals surface area (Å²) in [7, 11) is 0. The Morgan fingerprint density at radius 3 is 2.62 bits per heavy atom. The second-order valence-electron chi connectivity index (χ2n) is 6.49. The summed E-state index contributed by atoms with van der Waals surface area (Å²) >= 11 is 0. The number of allylic oxidation sites excluding steroid dienone is 2. The number of nitrogens with one attached hydrogen (secondary N) is 1. The smallest absolute Gasteiger partial charge is 0.226 e. The molecule has 0 radical (unpaired) electrons. The number of hydrogen-bond donors (Lipinski definition) is 1. The third-order valence-corrected chi connectivity index (χ3v) is 4.43. The van der Waals surface area contributed by atoms with Gasteiger partial charge in [0.15, 0.2) is 5.78 Å². The molecule has 0 saturated heterocycles. The molecule has 2 atom stereocenters. The van der Waals surface area contributed by atoms with Crippen LogP contribution >= 0.6 is 0 Å². The van der Waals surface area contributed by atoms with Gasteiger partial charge < -0.3 is 5.32 Å². The molecule has 0 saturated carbocycles. The van der Waals surface area contributed by atoms with Gasteiger partial charge in [-0.15, -0.1) is 0 Å². The molecule has 2 aliphatic rings. The number of halogens is 2. The molecule has 1 aliphatic heterocycles. The van der Waals surface area contributed by atoms with Crippen molar-refractivity contribution in [1.29, 1.82) is 0 Å². The van der Waals surface area contributed by atoms with E-state index in [0.29, 0.717) is 35.8 Å². The molecule has 7 heteroatoms. The van der Waals surface area contributed by atoms with Crippen molar-refractivity contribution < 1.29 is 13.6 Å². The summed E-state index contributed by atoms with van der Waals surface area (Å²) in [5.74, 6) is -0.155. The maximum absolute atomic E-state index is 13.7. The third-order valence-electron chi connectivity index (χ3n) is 4.43. The zero-order valence-electron chi connectivity index (χ0n) is 13.3. The van der Waals surface area contributed by atoms with Crippen LogP contribution in [0.15, 0.2) is 29.5 Å². The Morgan fingerprint density at radius 1 is 1.21 bits per heavy atom. The van der Waals surface area contributed by atoms with Gasteiger partial charge in [0.25, 0.3) is 0 Å². The molecule has 124 valence electrons. The highest BCUT2D eigenvalue weighted by atomic mass is 19.1. The van der Waals surface area contributed by atoms with Gasteiger partial charge in [0.2, 0.25) is 5.95 Å². The van der Waals surface area contributed by atoms with Crippen LogP contribution in [0.2, 0.25) is 0 Å². The van der Waals surface area contributed by atoms with Crippen LogP contribution in [-0.4, -0.2) is 20.5 Å². The molecule has 1 aromatic carbocycles. The Labute approximate surface area is 137 Å². The van der Waals surface area contributed by atoms with Crippen LogP contribution in [0.25, 0.3) is 0 Å². The van der Waals surface area contributed by atoms with E-state index in [-0.39, 0.29) is 11.7 Å². The molecule has 0 fully saturated rings. The van der Waals surface area contributed by atoms with E-state index in [0.717, 1.165) is 11.8 Å². The van der Waals surface area contributed by atoms with Crippen molar-refractivity contribution >= 4 is 11.7 Å². The summed E-state index contributed by atoms with van der Waals surface area (Å²) in [5.41, 5.74) is 1.65. The molecule has 24 heavy (non-hydrogen) atoms. The number of hydrogen-bond acceptors (Lipinski definition) is 4. The number of rotatable bonds is 1. The maximum Gasteiger partial charge on any atom is 0.226 e. The molecule has 0 amide bonds.